The van der Waals surface area contributed by atoms with Gasteiger partial charge in [0.1, 0.15) is 6.29 Å². The Balaban J connectivity index is 3.00. The van der Waals surface area contributed by atoms with Gasteiger partial charge < -0.3 is 4.79 Å². The van der Waals surface area contributed by atoms with Crippen molar-refractivity contribution in [3.8, 4) is 0 Å². The van der Waals surface area contributed by atoms with E-state index in [0.717, 1.165) is 19.1 Å². The molecule has 0 aliphatic carbocycles. The highest BCUT2D eigenvalue weighted by Crippen LogP contribution is 2.17. The van der Waals surface area contributed by atoms with Crippen LogP contribution in [0.15, 0.2) is 24.3 Å². The van der Waals surface area contributed by atoms with Crippen LogP contribution >= 0.6 is 0 Å². The smallest absolute Gasteiger partial charge is 0.123 e. The minimum absolute atomic E-state index is 0.500. The van der Waals surface area contributed by atoms with E-state index in [1.165, 1.54) is 16.7 Å². The monoisotopic (exact) mass is 202 g/mol. The second-order valence-electron chi connectivity index (χ2n) is 3.50. The lowest BCUT2D eigenvalue weighted by molar-refractivity contribution is -0.107. The van der Waals surface area contributed by atoms with E-state index in [0.29, 0.717) is 6.42 Å². The van der Waals surface area contributed by atoms with Gasteiger partial charge in [0.2, 0.25) is 0 Å². The standard InChI is InChI=1S/C14H18O/c1-3-12-9-7-10-13(14(12)4-2)8-5-6-11-15/h5,7-11H,3-4,6H2,1-2H3/b8-5+. The zero-order valence-electron chi connectivity index (χ0n) is 9.49. The molecule has 0 heterocycles. The molecule has 0 aliphatic heterocycles. The van der Waals surface area contributed by atoms with Crippen molar-refractivity contribution in [2.75, 3.05) is 0 Å². The number of carbonyl (C=O) groups excluding carboxylic acids is 1. The van der Waals surface area contributed by atoms with Crippen LogP contribution in [0.1, 0.15) is 37.0 Å². The molecule has 80 valence electrons. The van der Waals surface area contributed by atoms with E-state index < -0.39 is 0 Å². The lowest BCUT2D eigenvalue weighted by atomic mass is 9.97. The maximum Gasteiger partial charge on any atom is 0.123 e. The molecule has 0 unspecified atom stereocenters. The van der Waals surface area contributed by atoms with E-state index in [9.17, 15) is 4.79 Å². The SMILES string of the molecule is CCc1cccc(/C=C/CC=O)c1CC. The summed E-state index contributed by atoms with van der Waals surface area (Å²) in [6, 6.07) is 6.37. The number of carbonyl (C=O) groups is 1. The molecule has 1 nitrogen and oxygen atoms in total. The topological polar surface area (TPSA) is 17.1 Å². The molecule has 0 N–H and O–H groups in total. The summed E-state index contributed by atoms with van der Waals surface area (Å²) in [4.78, 5) is 10.2. The fraction of sp³-hybridized carbons (Fsp3) is 0.357. The van der Waals surface area contributed by atoms with Crippen molar-refractivity contribution in [1.82, 2.24) is 0 Å². The van der Waals surface area contributed by atoms with Crippen LogP contribution in [0.2, 0.25) is 0 Å². The van der Waals surface area contributed by atoms with Gasteiger partial charge in [-0.05, 0) is 29.5 Å². The first-order chi connectivity index (χ1) is 7.33. The second-order valence-corrected chi connectivity index (χ2v) is 3.50. The number of benzene rings is 1. The molecule has 1 aromatic rings. The largest absolute Gasteiger partial charge is 0.303 e. The minimum Gasteiger partial charge on any atom is -0.303 e. The Bertz CT molecular complexity index is 350. The van der Waals surface area contributed by atoms with Crippen molar-refractivity contribution in [2.24, 2.45) is 0 Å². The van der Waals surface area contributed by atoms with Crippen molar-refractivity contribution in [3.63, 3.8) is 0 Å². The normalized spacial score (nSPS) is 10.8. The van der Waals surface area contributed by atoms with Gasteiger partial charge in [-0.2, -0.15) is 0 Å². The van der Waals surface area contributed by atoms with E-state index >= 15 is 0 Å². The summed E-state index contributed by atoms with van der Waals surface area (Å²) >= 11 is 0. The highest BCUT2D eigenvalue weighted by molar-refractivity contribution is 5.60. The number of aryl methyl sites for hydroxylation is 1. The molecule has 0 spiro atoms. The molecule has 0 atom stereocenters. The van der Waals surface area contributed by atoms with Crippen LogP contribution in [0.25, 0.3) is 6.08 Å². The summed E-state index contributed by atoms with van der Waals surface area (Å²) in [5, 5.41) is 0. The third kappa shape index (κ3) is 3.05. The lowest BCUT2D eigenvalue weighted by Crippen LogP contribution is -1.94. The average Bonchev–Trinajstić information content (AvgIpc) is 2.29. The van der Waals surface area contributed by atoms with E-state index in [1.54, 1.807) is 0 Å². The fourth-order valence-corrected chi connectivity index (χ4v) is 1.82. The number of rotatable bonds is 5. The predicted octanol–water partition coefficient (Wildman–Crippen LogP) is 3.41. The maximum absolute atomic E-state index is 10.2. The van der Waals surface area contributed by atoms with E-state index in [1.807, 2.05) is 12.2 Å². The highest BCUT2D eigenvalue weighted by Gasteiger charge is 2.01. The minimum atomic E-state index is 0.500. The van der Waals surface area contributed by atoms with Gasteiger partial charge in [0.25, 0.3) is 0 Å². The van der Waals surface area contributed by atoms with Crippen LogP contribution in [0.3, 0.4) is 0 Å². The third-order valence-corrected chi connectivity index (χ3v) is 2.57. The zero-order chi connectivity index (χ0) is 11.1. The molecule has 0 aliphatic rings. The Morgan fingerprint density at radius 2 is 2.00 bits per heavy atom. The second kappa shape index (κ2) is 6.18. The summed E-state index contributed by atoms with van der Waals surface area (Å²) in [6.45, 7) is 4.35. The van der Waals surface area contributed by atoms with Crippen LogP contribution in [-0.4, -0.2) is 6.29 Å². The quantitative estimate of drug-likeness (QED) is 0.669. The van der Waals surface area contributed by atoms with Crippen molar-refractivity contribution < 1.29 is 4.79 Å². The molecule has 0 amide bonds. The number of hydrogen-bond donors (Lipinski definition) is 0. The summed E-state index contributed by atoms with van der Waals surface area (Å²) in [6.07, 6.45) is 7.50. The molecule has 1 heteroatoms. The molecule has 1 rings (SSSR count). The van der Waals surface area contributed by atoms with Crippen LogP contribution in [0, 0.1) is 0 Å². The Morgan fingerprint density at radius 1 is 1.20 bits per heavy atom. The van der Waals surface area contributed by atoms with Gasteiger partial charge in [-0.25, -0.2) is 0 Å². The van der Waals surface area contributed by atoms with Gasteiger partial charge in [-0.3, -0.25) is 0 Å². The first-order valence-corrected chi connectivity index (χ1v) is 5.54. The molecular formula is C14H18O. The Hall–Kier alpha value is -1.37. The summed E-state index contributed by atoms with van der Waals surface area (Å²) < 4.78 is 0. The lowest BCUT2D eigenvalue weighted by Gasteiger charge is -2.09. The maximum atomic E-state index is 10.2. The first kappa shape index (κ1) is 11.7. The van der Waals surface area contributed by atoms with Gasteiger partial charge in [-0.15, -0.1) is 0 Å². The van der Waals surface area contributed by atoms with E-state index in [-0.39, 0.29) is 0 Å². The van der Waals surface area contributed by atoms with Gasteiger partial charge in [0.15, 0.2) is 0 Å². The van der Waals surface area contributed by atoms with E-state index in [2.05, 4.69) is 32.0 Å². The zero-order valence-corrected chi connectivity index (χ0v) is 9.49. The Morgan fingerprint density at radius 3 is 2.60 bits per heavy atom. The summed E-state index contributed by atoms with van der Waals surface area (Å²) in [7, 11) is 0. The van der Waals surface area contributed by atoms with Crippen LogP contribution in [0.5, 0.6) is 0 Å². The molecule has 0 aromatic heterocycles. The molecule has 0 bridgehead atoms. The number of aldehydes is 1. The predicted molar refractivity (Wildman–Crippen MR) is 64.9 cm³/mol. The van der Waals surface area contributed by atoms with E-state index in [4.69, 9.17) is 0 Å². The van der Waals surface area contributed by atoms with Crippen LogP contribution < -0.4 is 0 Å². The summed E-state index contributed by atoms with van der Waals surface area (Å²) in [5.41, 5.74) is 4.06. The molecule has 1 aromatic carbocycles. The Labute approximate surface area is 91.8 Å². The van der Waals surface area contributed by atoms with Crippen LogP contribution in [-0.2, 0) is 17.6 Å². The van der Waals surface area contributed by atoms with Crippen molar-refractivity contribution >= 4 is 12.4 Å². The summed E-state index contributed by atoms with van der Waals surface area (Å²) in [5.74, 6) is 0. The third-order valence-electron chi connectivity index (χ3n) is 2.57. The average molecular weight is 202 g/mol. The molecule has 0 fully saturated rings. The number of allylic oxidation sites excluding steroid dienone is 1. The fourth-order valence-electron chi connectivity index (χ4n) is 1.82. The Kier molecular flexibility index (Phi) is 4.82. The first-order valence-electron chi connectivity index (χ1n) is 5.54. The van der Waals surface area contributed by atoms with Gasteiger partial charge in [-0.1, -0.05) is 44.2 Å². The molecule has 0 saturated heterocycles. The van der Waals surface area contributed by atoms with Crippen molar-refractivity contribution in [3.05, 3.63) is 41.0 Å². The number of hydrogen-bond acceptors (Lipinski definition) is 1. The van der Waals surface area contributed by atoms with Gasteiger partial charge >= 0.3 is 0 Å². The highest BCUT2D eigenvalue weighted by atomic mass is 16.1. The van der Waals surface area contributed by atoms with Gasteiger partial charge in [0.05, 0.1) is 0 Å². The molecule has 15 heavy (non-hydrogen) atoms. The molecule has 0 saturated carbocycles. The van der Waals surface area contributed by atoms with Crippen molar-refractivity contribution in [1.29, 1.82) is 0 Å². The van der Waals surface area contributed by atoms with Crippen molar-refractivity contribution in [2.45, 2.75) is 33.1 Å². The molecule has 0 radical (unpaired) electrons. The molecular weight excluding hydrogens is 184 g/mol. The van der Waals surface area contributed by atoms with Crippen LogP contribution in [0.4, 0.5) is 0 Å². The van der Waals surface area contributed by atoms with Gasteiger partial charge in [0, 0.05) is 6.42 Å².